The Labute approximate surface area is 227 Å². The van der Waals surface area contributed by atoms with Crippen molar-refractivity contribution in [2.45, 2.75) is 46.6 Å². The fraction of sp³-hybridized carbons (Fsp3) is 0.189. The zero-order chi connectivity index (χ0) is 26.9. The molecule has 5 rings (SSSR count). The third-order valence-electron chi connectivity index (χ3n) is 8.14. The lowest BCUT2D eigenvalue weighted by Crippen LogP contribution is -2.35. The van der Waals surface area contributed by atoms with Gasteiger partial charge in [-0.05, 0) is 101 Å². The van der Waals surface area contributed by atoms with Crippen LogP contribution in [0.4, 0.5) is 0 Å². The minimum atomic E-state index is -0.620. The smallest absolute Gasteiger partial charge is 0.0712 e. The van der Waals surface area contributed by atoms with Gasteiger partial charge in [0.15, 0.2) is 0 Å². The van der Waals surface area contributed by atoms with Gasteiger partial charge in [0.2, 0.25) is 0 Å². The Hall–Kier alpha value is -3.94. The highest BCUT2D eigenvalue weighted by Gasteiger charge is 2.43. The van der Waals surface area contributed by atoms with Crippen LogP contribution in [0.25, 0.3) is 11.1 Å². The largest absolute Gasteiger partial charge is 0.392 e. The maximum Gasteiger partial charge on any atom is 0.0712 e. The number of hydrogen-bond donors (Lipinski definition) is 1. The molecule has 190 valence electrons. The van der Waals surface area contributed by atoms with E-state index >= 15 is 0 Å². The molecule has 5 aromatic rings. The third-order valence-corrected chi connectivity index (χ3v) is 8.14. The molecule has 0 radical (unpaired) electrons. The Kier molecular flexibility index (Phi) is 7.06. The van der Waals surface area contributed by atoms with Gasteiger partial charge in [-0.3, -0.25) is 0 Å². The predicted octanol–water partition coefficient (Wildman–Crippen LogP) is 8.77. The summed E-state index contributed by atoms with van der Waals surface area (Å²) in [5.41, 5.74) is 13.5. The average Bonchev–Trinajstić information content (AvgIpc) is 2.92. The summed E-state index contributed by atoms with van der Waals surface area (Å²) in [5.74, 6) is 0. The molecule has 0 fully saturated rings. The molecule has 0 saturated carbocycles. The van der Waals surface area contributed by atoms with E-state index in [1.54, 1.807) is 0 Å². The van der Waals surface area contributed by atoms with Crippen LogP contribution in [0.15, 0.2) is 109 Å². The lowest BCUT2D eigenvalue weighted by atomic mass is 9.60. The second-order valence-corrected chi connectivity index (χ2v) is 10.5. The van der Waals surface area contributed by atoms with Crippen LogP contribution in [-0.2, 0) is 12.0 Å². The minimum Gasteiger partial charge on any atom is -0.392 e. The molecule has 0 spiro atoms. The molecule has 0 aliphatic rings. The van der Waals surface area contributed by atoms with Crippen molar-refractivity contribution in [2.24, 2.45) is 0 Å². The predicted molar refractivity (Wildman–Crippen MR) is 160 cm³/mol. The van der Waals surface area contributed by atoms with Gasteiger partial charge in [0.05, 0.1) is 12.0 Å². The quantitative estimate of drug-likeness (QED) is 0.233. The molecular weight excluding hydrogens is 460 g/mol. The number of rotatable bonds is 6. The Morgan fingerprint density at radius 3 is 1.29 bits per heavy atom. The van der Waals surface area contributed by atoms with Crippen LogP contribution in [0.1, 0.15) is 55.6 Å². The average molecular weight is 497 g/mol. The number of benzene rings is 5. The zero-order valence-electron chi connectivity index (χ0n) is 23.0. The Balaban J connectivity index is 2.05. The lowest BCUT2D eigenvalue weighted by molar-refractivity contribution is 0.280. The number of aliphatic hydroxyl groups excluding tert-OH is 1. The van der Waals surface area contributed by atoms with E-state index in [0.29, 0.717) is 0 Å². The van der Waals surface area contributed by atoms with Crippen LogP contribution in [0.5, 0.6) is 0 Å². The second kappa shape index (κ2) is 10.4. The van der Waals surface area contributed by atoms with Crippen molar-refractivity contribution in [2.75, 3.05) is 0 Å². The zero-order valence-corrected chi connectivity index (χ0v) is 23.0. The molecule has 5 aromatic carbocycles. The SMILES string of the molecule is Cc1ccccc1-c1c(C)ccc(C(c2ccccc2C)(c2ccccc2C)c2ccccc2C)c1CO. The first-order chi connectivity index (χ1) is 18.4. The van der Waals surface area contributed by atoms with Crippen LogP contribution >= 0.6 is 0 Å². The van der Waals surface area contributed by atoms with Gasteiger partial charge >= 0.3 is 0 Å². The van der Waals surface area contributed by atoms with Gasteiger partial charge in [0.25, 0.3) is 0 Å². The van der Waals surface area contributed by atoms with E-state index in [1.165, 1.54) is 50.1 Å². The summed E-state index contributed by atoms with van der Waals surface area (Å²) >= 11 is 0. The van der Waals surface area contributed by atoms with E-state index in [9.17, 15) is 5.11 Å². The van der Waals surface area contributed by atoms with E-state index in [1.807, 2.05) is 0 Å². The molecule has 0 unspecified atom stereocenters. The maximum atomic E-state index is 11.2. The van der Waals surface area contributed by atoms with E-state index in [4.69, 9.17) is 0 Å². The van der Waals surface area contributed by atoms with Crippen molar-refractivity contribution >= 4 is 0 Å². The summed E-state index contributed by atoms with van der Waals surface area (Å²) < 4.78 is 0. The summed E-state index contributed by atoms with van der Waals surface area (Å²) in [7, 11) is 0. The van der Waals surface area contributed by atoms with Crippen molar-refractivity contribution in [3.63, 3.8) is 0 Å². The Bertz CT molecular complexity index is 1500. The molecule has 0 atom stereocenters. The highest BCUT2D eigenvalue weighted by Crippen LogP contribution is 2.51. The highest BCUT2D eigenvalue weighted by molar-refractivity contribution is 5.78. The van der Waals surface area contributed by atoms with Crippen LogP contribution in [0, 0.1) is 34.6 Å². The van der Waals surface area contributed by atoms with Gasteiger partial charge in [0, 0.05) is 0 Å². The molecule has 38 heavy (non-hydrogen) atoms. The monoisotopic (exact) mass is 496 g/mol. The number of hydrogen-bond acceptors (Lipinski definition) is 1. The van der Waals surface area contributed by atoms with E-state index in [2.05, 4.69) is 144 Å². The summed E-state index contributed by atoms with van der Waals surface area (Å²) in [6, 6.07) is 39.2. The Morgan fingerprint density at radius 2 is 0.868 bits per heavy atom. The number of aryl methyl sites for hydroxylation is 5. The minimum absolute atomic E-state index is 0.0495. The van der Waals surface area contributed by atoms with E-state index in [0.717, 1.165) is 16.7 Å². The Morgan fingerprint density at radius 1 is 0.447 bits per heavy atom. The third kappa shape index (κ3) is 4.08. The normalized spacial score (nSPS) is 11.5. The molecule has 1 N–H and O–H groups in total. The van der Waals surface area contributed by atoms with Gasteiger partial charge in [-0.25, -0.2) is 0 Å². The molecular formula is C37H36O. The molecule has 1 nitrogen and oxygen atoms in total. The van der Waals surface area contributed by atoms with Crippen LogP contribution in [0.2, 0.25) is 0 Å². The van der Waals surface area contributed by atoms with Crippen LogP contribution < -0.4 is 0 Å². The first-order valence-corrected chi connectivity index (χ1v) is 13.4. The van der Waals surface area contributed by atoms with Gasteiger partial charge in [0.1, 0.15) is 0 Å². The topological polar surface area (TPSA) is 20.2 Å². The molecule has 0 heterocycles. The van der Waals surface area contributed by atoms with Crippen molar-refractivity contribution in [1.29, 1.82) is 0 Å². The van der Waals surface area contributed by atoms with Gasteiger partial charge in [-0.2, -0.15) is 0 Å². The summed E-state index contributed by atoms with van der Waals surface area (Å²) in [5, 5.41) is 11.2. The molecule has 0 aliphatic heterocycles. The summed E-state index contributed by atoms with van der Waals surface area (Å²) in [4.78, 5) is 0. The molecule has 0 amide bonds. The van der Waals surface area contributed by atoms with Crippen molar-refractivity contribution in [3.05, 3.63) is 165 Å². The second-order valence-electron chi connectivity index (χ2n) is 10.5. The first kappa shape index (κ1) is 25.7. The van der Waals surface area contributed by atoms with Gasteiger partial charge < -0.3 is 5.11 Å². The van der Waals surface area contributed by atoms with Crippen molar-refractivity contribution < 1.29 is 5.11 Å². The molecule has 0 bridgehead atoms. The van der Waals surface area contributed by atoms with Gasteiger partial charge in [-0.1, -0.05) is 109 Å². The summed E-state index contributed by atoms with van der Waals surface area (Å²) in [6.45, 7) is 10.9. The van der Waals surface area contributed by atoms with Crippen molar-refractivity contribution in [3.8, 4) is 11.1 Å². The number of aliphatic hydroxyl groups is 1. The van der Waals surface area contributed by atoms with Crippen LogP contribution in [0.3, 0.4) is 0 Å². The van der Waals surface area contributed by atoms with Crippen molar-refractivity contribution in [1.82, 2.24) is 0 Å². The maximum absolute atomic E-state index is 11.2. The fourth-order valence-electron chi connectivity index (χ4n) is 6.36. The standard InChI is InChI=1S/C37H36O/c1-25-14-6-10-18-30(25)36-29(5)22-23-35(31(36)24-38)37(32-19-11-7-15-26(32)2,33-20-12-8-16-27(33)3)34-21-13-9-17-28(34)4/h6-23,38H,24H2,1-5H3. The van der Waals surface area contributed by atoms with E-state index < -0.39 is 5.41 Å². The van der Waals surface area contributed by atoms with E-state index in [-0.39, 0.29) is 6.61 Å². The van der Waals surface area contributed by atoms with Crippen LogP contribution in [-0.4, -0.2) is 5.11 Å². The molecule has 1 heteroatoms. The van der Waals surface area contributed by atoms with Gasteiger partial charge in [-0.15, -0.1) is 0 Å². The first-order valence-electron chi connectivity index (χ1n) is 13.4. The molecule has 0 aromatic heterocycles. The summed E-state index contributed by atoms with van der Waals surface area (Å²) in [6.07, 6.45) is 0. The lowest BCUT2D eigenvalue weighted by Gasteiger charge is -2.41. The highest BCUT2D eigenvalue weighted by atomic mass is 16.3. The molecule has 0 saturated heterocycles. The molecule has 0 aliphatic carbocycles. The fourth-order valence-corrected chi connectivity index (χ4v) is 6.36.